The number of halogens is 2. The lowest BCUT2D eigenvalue weighted by molar-refractivity contribution is 0.446. The van der Waals surface area contributed by atoms with Crippen LogP contribution in [0.5, 0.6) is 11.6 Å². The molecular formula is C15H17Cl2N3O. The third kappa shape index (κ3) is 3.99. The number of hydrogen-bond donors (Lipinski definition) is 1. The quantitative estimate of drug-likeness (QED) is 0.870. The topological polar surface area (TPSA) is 47.0 Å². The van der Waals surface area contributed by atoms with Crippen molar-refractivity contribution in [2.75, 3.05) is 12.4 Å². The van der Waals surface area contributed by atoms with Gasteiger partial charge in [0.2, 0.25) is 5.88 Å². The largest absolute Gasteiger partial charge is 0.439 e. The number of hydrogen-bond acceptors (Lipinski definition) is 4. The lowest BCUT2D eigenvalue weighted by atomic mass is 9.96. The number of nitrogens with zero attached hydrogens (tertiary/aromatic N) is 2. The fraction of sp³-hybridized carbons (Fsp3) is 0.333. The summed E-state index contributed by atoms with van der Waals surface area (Å²) in [7, 11) is 1.80. The van der Waals surface area contributed by atoms with Gasteiger partial charge >= 0.3 is 0 Å². The first kappa shape index (κ1) is 15.9. The van der Waals surface area contributed by atoms with Crippen LogP contribution in [0.1, 0.15) is 26.6 Å². The normalized spacial score (nSPS) is 11.3. The molecule has 0 aliphatic rings. The van der Waals surface area contributed by atoms with E-state index in [1.807, 2.05) is 20.8 Å². The maximum atomic E-state index is 5.99. The van der Waals surface area contributed by atoms with Crippen LogP contribution in [0.25, 0.3) is 0 Å². The molecule has 0 unspecified atom stereocenters. The lowest BCUT2D eigenvalue weighted by Gasteiger charge is -2.18. The molecule has 0 fully saturated rings. The minimum Gasteiger partial charge on any atom is -0.439 e. The lowest BCUT2D eigenvalue weighted by Crippen LogP contribution is -2.17. The van der Waals surface area contributed by atoms with Gasteiger partial charge in [-0.25, -0.2) is 4.98 Å². The smallest absolute Gasteiger partial charge is 0.224 e. The Kier molecular flexibility index (Phi) is 4.59. The minimum atomic E-state index is -0.178. The fourth-order valence-electron chi connectivity index (χ4n) is 1.60. The van der Waals surface area contributed by atoms with Gasteiger partial charge in [0.05, 0.1) is 10.0 Å². The number of rotatable bonds is 3. The first-order chi connectivity index (χ1) is 9.79. The van der Waals surface area contributed by atoms with Crippen LogP contribution < -0.4 is 10.1 Å². The van der Waals surface area contributed by atoms with E-state index >= 15 is 0 Å². The first-order valence-electron chi connectivity index (χ1n) is 6.50. The summed E-state index contributed by atoms with van der Waals surface area (Å²) in [5.41, 5.74) is -0.178. The van der Waals surface area contributed by atoms with Gasteiger partial charge in [-0.1, -0.05) is 44.0 Å². The second-order valence-corrected chi connectivity index (χ2v) is 6.41. The molecule has 0 radical (unpaired) electrons. The molecule has 4 nitrogen and oxygen atoms in total. The van der Waals surface area contributed by atoms with Crippen molar-refractivity contribution in [3.8, 4) is 11.6 Å². The van der Waals surface area contributed by atoms with Gasteiger partial charge in [0.15, 0.2) is 0 Å². The zero-order valence-corrected chi connectivity index (χ0v) is 13.9. The third-order valence-corrected chi connectivity index (χ3v) is 3.48. The highest BCUT2D eigenvalue weighted by molar-refractivity contribution is 6.42. The summed E-state index contributed by atoms with van der Waals surface area (Å²) in [6.07, 6.45) is 0. The minimum absolute atomic E-state index is 0.178. The average Bonchev–Trinajstić information content (AvgIpc) is 2.41. The monoisotopic (exact) mass is 325 g/mol. The Morgan fingerprint density at radius 1 is 1.05 bits per heavy atom. The summed E-state index contributed by atoms with van der Waals surface area (Å²) in [6, 6.07) is 6.82. The molecule has 1 heterocycles. The zero-order chi connectivity index (χ0) is 15.6. The van der Waals surface area contributed by atoms with E-state index in [-0.39, 0.29) is 5.41 Å². The third-order valence-electron chi connectivity index (χ3n) is 2.74. The maximum Gasteiger partial charge on any atom is 0.224 e. The Bertz CT molecular complexity index is 654. The molecule has 0 atom stereocenters. The van der Waals surface area contributed by atoms with Crippen molar-refractivity contribution in [2.24, 2.45) is 0 Å². The van der Waals surface area contributed by atoms with Crippen LogP contribution in [-0.4, -0.2) is 17.0 Å². The molecule has 0 bridgehead atoms. The van der Waals surface area contributed by atoms with Crippen LogP contribution in [0.4, 0.5) is 5.82 Å². The molecule has 1 N–H and O–H groups in total. The molecule has 1 aromatic heterocycles. The molecule has 2 rings (SSSR count). The summed E-state index contributed by atoms with van der Waals surface area (Å²) in [5, 5.41) is 3.93. The summed E-state index contributed by atoms with van der Waals surface area (Å²) in [6.45, 7) is 6.14. The van der Waals surface area contributed by atoms with Crippen LogP contribution in [0, 0.1) is 0 Å². The van der Waals surface area contributed by atoms with Crippen molar-refractivity contribution < 1.29 is 4.74 Å². The van der Waals surface area contributed by atoms with Crippen molar-refractivity contribution in [2.45, 2.75) is 26.2 Å². The second kappa shape index (κ2) is 6.08. The molecule has 0 spiro atoms. The summed E-state index contributed by atoms with van der Waals surface area (Å²) >= 11 is 11.9. The Balaban J connectivity index is 2.36. The Morgan fingerprint density at radius 3 is 2.33 bits per heavy atom. The van der Waals surface area contributed by atoms with Crippen molar-refractivity contribution in [1.82, 2.24) is 9.97 Å². The van der Waals surface area contributed by atoms with E-state index in [4.69, 9.17) is 27.9 Å². The fourth-order valence-corrected chi connectivity index (χ4v) is 1.89. The van der Waals surface area contributed by atoms with Crippen LogP contribution in [0.3, 0.4) is 0 Å². The van der Waals surface area contributed by atoms with E-state index in [9.17, 15) is 0 Å². The van der Waals surface area contributed by atoms with E-state index in [1.165, 1.54) is 0 Å². The highest BCUT2D eigenvalue weighted by atomic mass is 35.5. The van der Waals surface area contributed by atoms with E-state index < -0.39 is 0 Å². The van der Waals surface area contributed by atoms with Gasteiger partial charge in [-0.3, -0.25) is 0 Å². The molecule has 0 aliphatic heterocycles. The predicted octanol–water partition coefficient (Wildman–Crippen LogP) is 4.91. The molecule has 21 heavy (non-hydrogen) atoms. The summed E-state index contributed by atoms with van der Waals surface area (Å²) in [5.74, 6) is 2.43. The summed E-state index contributed by atoms with van der Waals surface area (Å²) < 4.78 is 5.76. The number of benzene rings is 1. The standard InChI is InChI=1S/C15H17Cl2N3O/c1-15(2,3)14-19-12(18-4)8-13(20-14)21-9-5-6-10(16)11(17)7-9/h5-8H,1-4H3,(H,18,19,20). The average molecular weight is 326 g/mol. The Labute approximate surface area is 134 Å². The highest BCUT2D eigenvalue weighted by Crippen LogP contribution is 2.30. The van der Waals surface area contributed by atoms with Gasteiger partial charge in [0, 0.05) is 24.6 Å². The van der Waals surface area contributed by atoms with Crippen LogP contribution >= 0.6 is 23.2 Å². The molecular weight excluding hydrogens is 309 g/mol. The molecule has 0 saturated heterocycles. The molecule has 1 aromatic carbocycles. The molecule has 0 saturated carbocycles. The van der Waals surface area contributed by atoms with Gasteiger partial charge in [0.1, 0.15) is 17.4 Å². The highest BCUT2D eigenvalue weighted by Gasteiger charge is 2.19. The van der Waals surface area contributed by atoms with Gasteiger partial charge in [0.25, 0.3) is 0 Å². The van der Waals surface area contributed by atoms with E-state index in [0.717, 1.165) is 0 Å². The molecule has 2 aromatic rings. The van der Waals surface area contributed by atoms with E-state index in [0.29, 0.717) is 33.3 Å². The van der Waals surface area contributed by atoms with E-state index in [1.54, 1.807) is 31.3 Å². The van der Waals surface area contributed by atoms with Gasteiger partial charge in [-0.15, -0.1) is 0 Å². The Hall–Kier alpha value is -1.52. The predicted molar refractivity (Wildman–Crippen MR) is 86.8 cm³/mol. The molecule has 0 aliphatic carbocycles. The second-order valence-electron chi connectivity index (χ2n) is 5.59. The number of ether oxygens (including phenoxy) is 1. The molecule has 112 valence electrons. The van der Waals surface area contributed by atoms with Crippen LogP contribution in [-0.2, 0) is 5.41 Å². The molecule has 6 heteroatoms. The van der Waals surface area contributed by atoms with Gasteiger partial charge in [-0.2, -0.15) is 4.98 Å². The van der Waals surface area contributed by atoms with Crippen molar-refractivity contribution in [3.05, 3.63) is 40.1 Å². The number of anilines is 1. The zero-order valence-electron chi connectivity index (χ0n) is 12.4. The van der Waals surface area contributed by atoms with Crippen molar-refractivity contribution >= 4 is 29.0 Å². The number of nitrogens with one attached hydrogen (secondary N) is 1. The summed E-state index contributed by atoms with van der Waals surface area (Å²) in [4.78, 5) is 8.90. The SMILES string of the molecule is CNc1cc(Oc2ccc(Cl)c(Cl)c2)nc(C(C)(C)C)n1. The first-order valence-corrected chi connectivity index (χ1v) is 7.25. The van der Waals surface area contributed by atoms with E-state index in [2.05, 4.69) is 15.3 Å². The maximum absolute atomic E-state index is 5.99. The Morgan fingerprint density at radius 2 is 1.76 bits per heavy atom. The van der Waals surface area contributed by atoms with Crippen molar-refractivity contribution in [1.29, 1.82) is 0 Å². The van der Waals surface area contributed by atoms with Crippen molar-refractivity contribution in [3.63, 3.8) is 0 Å². The van der Waals surface area contributed by atoms with Crippen LogP contribution in [0.2, 0.25) is 10.0 Å². The van der Waals surface area contributed by atoms with Gasteiger partial charge < -0.3 is 10.1 Å². The van der Waals surface area contributed by atoms with Gasteiger partial charge in [-0.05, 0) is 12.1 Å². The number of aromatic nitrogens is 2. The molecule has 0 amide bonds. The van der Waals surface area contributed by atoms with Crippen LogP contribution in [0.15, 0.2) is 24.3 Å².